The van der Waals surface area contributed by atoms with Gasteiger partial charge >= 0.3 is 0 Å². The molecule has 110 valence electrons. The van der Waals surface area contributed by atoms with Crippen molar-refractivity contribution in [2.24, 2.45) is 11.5 Å². The van der Waals surface area contributed by atoms with Gasteiger partial charge in [0.2, 0.25) is 5.91 Å². The first-order valence-electron chi connectivity index (χ1n) is 6.41. The smallest absolute Gasteiger partial charge is 0.242 e. The number of aromatic nitrogens is 1. The van der Waals surface area contributed by atoms with E-state index in [0.717, 1.165) is 15.1 Å². The predicted octanol–water partition coefficient (Wildman–Crippen LogP) is 2.67. The number of primary amides is 1. The molecule has 4 nitrogen and oxygen atoms in total. The lowest BCUT2D eigenvalue weighted by Gasteiger charge is -2.26. The van der Waals surface area contributed by atoms with Gasteiger partial charge in [0.15, 0.2) is 0 Å². The lowest BCUT2D eigenvalue weighted by atomic mass is 9.88. The minimum atomic E-state index is -1.16. The van der Waals surface area contributed by atoms with Crippen LogP contribution in [0.3, 0.4) is 0 Å². The van der Waals surface area contributed by atoms with Crippen LogP contribution in [0.2, 0.25) is 0 Å². The molecule has 0 aliphatic carbocycles. The third-order valence-corrected chi connectivity index (χ3v) is 5.10. The Kier molecular flexibility index (Phi) is 5.39. The van der Waals surface area contributed by atoms with Crippen LogP contribution in [0.25, 0.3) is 0 Å². The van der Waals surface area contributed by atoms with Crippen molar-refractivity contribution in [2.75, 3.05) is 5.75 Å². The number of hydrogen-bond acceptors (Lipinski definition) is 4. The van der Waals surface area contributed by atoms with Crippen molar-refractivity contribution in [1.82, 2.24) is 4.98 Å². The maximum Gasteiger partial charge on any atom is 0.242 e. The number of nitrogens with zero attached hydrogens (tertiary/aromatic N) is 1. The fraction of sp³-hybridized carbons (Fsp3) is 0.200. The Morgan fingerprint density at radius 3 is 2.57 bits per heavy atom. The van der Waals surface area contributed by atoms with Gasteiger partial charge in [-0.15, -0.1) is 11.8 Å². The van der Waals surface area contributed by atoms with Crippen molar-refractivity contribution >= 4 is 33.6 Å². The minimum Gasteiger partial charge on any atom is -0.368 e. The Labute approximate surface area is 136 Å². The van der Waals surface area contributed by atoms with Crippen LogP contribution in [-0.4, -0.2) is 16.6 Å². The molecule has 1 aromatic carbocycles. The maximum absolute atomic E-state index is 11.8. The van der Waals surface area contributed by atoms with Gasteiger partial charge in [0, 0.05) is 16.4 Å². The molecule has 1 aromatic heterocycles. The predicted molar refractivity (Wildman–Crippen MR) is 88.8 cm³/mol. The van der Waals surface area contributed by atoms with Crippen LogP contribution in [0.1, 0.15) is 12.0 Å². The van der Waals surface area contributed by atoms with Gasteiger partial charge in [0.05, 0.1) is 0 Å². The van der Waals surface area contributed by atoms with E-state index >= 15 is 0 Å². The van der Waals surface area contributed by atoms with Crippen LogP contribution in [0.4, 0.5) is 0 Å². The molecule has 0 saturated carbocycles. The van der Waals surface area contributed by atoms with E-state index in [0.29, 0.717) is 12.2 Å². The van der Waals surface area contributed by atoms with Gasteiger partial charge in [-0.2, -0.15) is 0 Å². The highest BCUT2D eigenvalue weighted by Gasteiger charge is 2.33. The zero-order valence-electron chi connectivity index (χ0n) is 11.3. The highest BCUT2D eigenvalue weighted by Crippen LogP contribution is 2.29. The Hall–Kier alpha value is -1.37. The van der Waals surface area contributed by atoms with E-state index < -0.39 is 11.4 Å². The molecule has 0 spiro atoms. The number of pyridine rings is 1. The zero-order chi connectivity index (χ0) is 15.3. The quantitative estimate of drug-likeness (QED) is 0.770. The standard InChI is InChI=1S/C15H16BrN3OS/c16-12-7-4-9-19-13(12)21-10-8-15(18,14(17)20)11-5-2-1-3-6-11/h1-7,9H,8,10,18H2,(H2,17,20). The first-order valence-corrected chi connectivity index (χ1v) is 8.19. The number of rotatable bonds is 6. The second kappa shape index (κ2) is 7.06. The summed E-state index contributed by atoms with van der Waals surface area (Å²) in [6.07, 6.45) is 2.17. The van der Waals surface area contributed by atoms with Crippen molar-refractivity contribution in [1.29, 1.82) is 0 Å². The molecule has 0 aliphatic rings. The Bertz CT molecular complexity index is 623. The summed E-state index contributed by atoms with van der Waals surface area (Å²) in [5, 5.41) is 0.873. The average molecular weight is 366 g/mol. The lowest BCUT2D eigenvalue weighted by molar-refractivity contribution is -0.123. The molecule has 2 rings (SSSR count). The number of amides is 1. The number of benzene rings is 1. The van der Waals surface area contributed by atoms with Crippen molar-refractivity contribution in [3.05, 3.63) is 58.7 Å². The molecule has 4 N–H and O–H groups in total. The highest BCUT2D eigenvalue weighted by atomic mass is 79.9. The molecule has 0 bridgehead atoms. The molecule has 2 aromatic rings. The number of halogens is 1. The SMILES string of the molecule is NC(=O)C(N)(CCSc1ncccc1Br)c1ccccc1. The van der Waals surface area contributed by atoms with Gasteiger partial charge in [-0.3, -0.25) is 4.79 Å². The summed E-state index contributed by atoms with van der Waals surface area (Å²) in [6.45, 7) is 0. The fourth-order valence-electron chi connectivity index (χ4n) is 1.93. The first-order chi connectivity index (χ1) is 10.0. The second-order valence-electron chi connectivity index (χ2n) is 4.59. The number of carbonyl (C=O) groups is 1. The van der Waals surface area contributed by atoms with E-state index in [1.807, 2.05) is 42.5 Å². The molecule has 1 unspecified atom stereocenters. The monoisotopic (exact) mass is 365 g/mol. The van der Waals surface area contributed by atoms with Crippen LogP contribution >= 0.6 is 27.7 Å². The van der Waals surface area contributed by atoms with Gasteiger partial charge in [0.1, 0.15) is 10.6 Å². The number of thioether (sulfide) groups is 1. The van der Waals surface area contributed by atoms with E-state index in [1.54, 1.807) is 18.0 Å². The molecular formula is C15H16BrN3OS. The third kappa shape index (κ3) is 3.84. The molecule has 0 fully saturated rings. The second-order valence-corrected chi connectivity index (χ2v) is 6.53. The number of hydrogen-bond donors (Lipinski definition) is 2. The third-order valence-electron chi connectivity index (χ3n) is 3.19. The van der Waals surface area contributed by atoms with Gasteiger partial charge in [-0.1, -0.05) is 30.3 Å². The van der Waals surface area contributed by atoms with Gasteiger partial charge in [-0.25, -0.2) is 4.98 Å². The largest absolute Gasteiger partial charge is 0.368 e. The van der Waals surface area contributed by atoms with Crippen molar-refractivity contribution in [3.8, 4) is 0 Å². The fourth-order valence-corrected chi connectivity index (χ4v) is 3.49. The number of nitrogens with two attached hydrogens (primary N) is 2. The lowest BCUT2D eigenvalue weighted by Crippen LogP contribution is -2.49. The Morgan fingerprint density at radius 1 is 1.24 bits per heavy atom. The highest BCUT2D eigenvalue weighted by molar-refractivity contribution is 9.10. The summed E-state index contributed by atoms with van der Waals surface area (Å²) in [6, 6.07) is 13.0. The summed E-state index contributed by atoms with van der Waals surface area (Å²) in [4.78, 5) is 16.1. The van der Waals surface area contributed by atoms with Crippen molar-refractivity contribution < 1.29 is 4.79 Å². The van der Waals surface area contributed by atoms with Crippen LogP contribution in [0.15, 0.2) is 58.2 Å². The van der Waals surface area contributed by atoms with Crippen LogP contribution < -0.4 is 11.5 Å². The maximum atomic E-state index is 11.8. The molecule has 1 amide bonds. The Balaban J connectivity index is 2.08. The molecule has 0 aliphatic heterocycles. The minimum absolute atomic E-state index is 0.444. The van der Waals surface area contributed by atoms with Crippen molar-refractivity contribution in [2.45, 2.75) is 17.0 Å². The summed E-state index contributed by atoms with van der Waals surface area (Å²) >= 11 is 4.98. The zero-order valence-corrected chi connectivity index (χ0v) is 13.7. The summed E-state index contributed by atoms with van der Waals surface area (Å²) in [5.41, 5.74) is 11.3. The van der Waals surface area contributed by atoms with Crippen LogP contribution in [0, 0.1) is 0 Å². The van der Waals surface area contributed by atoms with E-state index in [2.05, 4.69) is 20.9 Å². The number of carbonyl (C=O) groups excluding carboxylic acids is 1. The van der Waals surface area contributed by atoms with Gasteiger partial charge in [-0.05, 0) is 40.0 Å². The van der Waals surface area contributed by atoms with E-state index in [1.165, 1.54) is 0 Å². The first kappa shape index (κ1) is 16.0. The Morgan fingerprint density at radius 2 is 1.95 bits per heavy atom. The van der Waals surface area contributed by atoms with Crippen molar-refractivity contribution in [3.63, 3.8) is 0 Å². The van der Waals surface area contributed by atoms with E-state index in [4.69, 9.17) is 11.5 Å². The van der Waals surface area contributed by atoms with Gasteiger partial charge in [0.25, 0.3) is 0 Å². The molecule has 1 heterocycles. The van der Waals surface area contributed by atoms with Crippen LogP contribution in [-0.2, 0) is 10.3 Å². The molecular weight excluding hydrogens is 350 g/mol. The molecule has 1 atom stereocenters. The average Bonchev–Trinajstić information content (AvgIpc) is 2.49. The van der Waals surface area contributed by atoms with E-state index in [9.17, 15) is 4.79 Å². The molecule has 0 radical (unpaired) electrons. The molecule has 21 heavy (non-hydrogen) atoms. The summed E-state index contributed by atoms with van der Waals surface area (Å²) in [5.74, 6) is 0.124. The molecule has 0 saturated heterocycles. The summed E-state index contributed by atoms with van der Waals surface area (Å²) in [7, 11) is 0. The molecule has 6 heteroatoms. The summed E-state index contributed by atoms with van der Waals surface area (Å²) < 4.78 is 0.927. The van der Waals surface area contributed by atoms with Gasteiger partial charge < -0.3 is 11.5 Å². The topological polar surface area (TPSA) is 82.0 Å². The van der Waals surface area contributed by atoms with E-state index in [-0.39, 0.29) is 0 Å². The van der Waals surface area contributed by atoms with Crippen LogP contribution in [0.5, 0.6) is 0 Å². The normalized spacial score (nSPS) is 13.6.